The molecule has 0 aliphatic rings. The number of rotatable bonds is 5. The molecule has 0 spiro atoms. The molecule has 0 bridgehead atoms. The fourth-order valence-corrected chi connectivity index (χ4v) is 2.55. The van der Waals surface area contributed by atoms with Crippen LogP contribution in [0.1, 0.15) is 6.92 Å². The molecule has 84 valence electrons. The van der Waals surface area contributed by atoms with Crippen molar-refractivity contribution in [2.45, 2.75) is 17.8 Å². The summed E-state index contributed by atoms with van der Waals surface area (Å²) in [4.78, 5) is 0.957. The molecule has 0 aliphatic heterocycles. The van der Waals surface area contributed by atoms with E-state index in [0.29, 0.717) is 0 Å². The highest BCUT2D eigenvalue weighted by atomic mass is 32.1. The summed E-state index contributed by atoms with van der Waals surface area (Å²) >= 11 is 4.36. The summed E-state index contributed by atoms with van der Waals surface area (Å²) in [6.45, 7) is 1.75. The van der Waals surface area contributed by atoms with E-state index in [9.17, 15) is 0 Å². The van der Waals surface area contributed by atoms with Crippen LogP contribution in [0.5, 0.6) is 0 Å². The largest absolute Gasteiger partial charge is 0.371 e. The minimum absolute atomic E-state index is 0.893. The van der Waals surface area contributed by atoms with Crippen LogP contribution < -0.4 is 5.19 Å². The standard InChI is InChI=1S/C10H16O3SSi/c1-10(11-2,12-3)13-15-9-7-5-4-6-8(9)14/h4-7,14H,15H2,1-3H3. The van der Waals surface area contributed by atoms with E-state index in [1.165, 1.54) is 0 Å². The van der Waals surface area contributed by atoms with Gasteiger partial charge in [-0.15, -0.1) is 12.6 Å². The topological polar surface area (TPSA) is 27.7 Å². The highest BCUT2D eigenvalue weighted by Gasteiger charge is 2.23. The van der Waals surface area contributed by atoms with Gasteiger partial charge < -0.3 is 13.9 Å². The molecule has 0 N–H and O–H groups in total. The Kier molecular flexibility index (Phi) is 4.81. The molecule has 15 heavy (non-hydrogen) atoms. The van der Waals surface area contributed by atoms with E-state index < -0.39 is 15.7 Å². The van der Waals surface area contributed by atoms with Gasteiger partial charge in [-0.25, -0.2) is 0 Å². The van der Waals surface area contributed by atoms with Gasteiger partial charge in [-0.1, -0.05) is 18.2 Å². The van der Waals surface area contributed by atoms with Crippen LogP contribution in [0, 0.1) is 0 Å². The van der Waals surface area contributed by atoms with Crippen molar-refractivity contribution in [1.82, 2.24) is 0 Å². The van der Waals surface area contributed by atoms with E-state index in [2.05, 4.69) is 12.6 Å². The lowest BCUT2D eigenvalue weighted by Crippen LogP contribution is -2.38. The molecule has 0 aliphatic carbocycles. The van der Waals surface area contributed by atoms with E-state index in [1.54, 1.807) is 21.1 Å². The van der Waals surface area contributed by atoms with Crippen molar-refractivity contribution >= 4 is 27.6 Å². The van der Waals surface area contributed by atoms with Crippen molar-refractivity contribution in [3.05, 3.63) is 24.3 Å². The second-order valence-electron chi connectivity index (χ2n) is 3.19. The minimum atomic E-state index is -0.942. The average molecular weight is 244 g/mol. The zero-order valence-corrected chi connectivity index (χ0v) is 11.5. The summed E-state index contributed by atoms with van der Waals surface area (Å²) < 4.78 is 15.9. The van der Waals surface area contributed by atoms with Crippen molar-refractivity contribution in [1.29, 1.82) is 0 Å². The van der Waals surface area contributed by atoms with Crippen molar-refractivity contribution in [2.24, 2.45) is 0 Å². The molecule has 1 aromatic rings. The van der Waals surface area contributed by atoms with Crippen molar-refractivity contribution in [2.75, 3.05) is 14.2 Å². The molecule has 0 unspecified atom stereocenters. The Morgan fingerprint density at radius 2 is 1.80 bits per heavy atom. The van der Waals surface area contributed by atoms with Crippen LogP contribution in [0.3, 0.4) is 0 Å². The van der Waals surface area contributed by atoms with Crippen molar-refractivity contribution in [3.8, 4) is 0 Å². The van der Waals surface area contributed by atoms with Gasteiger partial charge in [0.2, 0.25) is 0 Å². The summed E-state index contributed by atoms with van der Waals surface area (Å²) in [5, 5.41) is 1.14. The van der Waals surface area contributed by atoms with Gasteiger partial charge >= 0.3 is 0 Å². The monoisotopic (exact) mass is 244 g/mol. The van der Waals surface area contributed by atoms with E-state index in [4.69, 9.17) is 13.9 Å². The smallest absolute Gasteiger partial charge is 0.269 e. The quantitative estimate of drug-likeness (QED) is 0.469. The van der Waals surface area contributed by atoms with Crippen LogP contribution >= 0.6 is 12.6 Å². The molecule has 1 aromatic carbocycles. The van der Waals surface area contributed by atoms with Gasteiger partial charge in [0.15, 0.2) is 9.76 Å². The van der Waals surface area contributed by atoms with Crippen LogP contribution in [0.25, 0.3) is 0 Å². The normalized spacial score (nSPS) is 12.5. The molecule has 0 saturated carbocycles. The molecule has 0 atom stereocenters. The average Bonchev–Trinajstić information content (AvgIpc) is 2.28. The first-order chi connectivity index (χ1) is 7.11. The van der Waals surface area contributed by atoms with Gasteiger partial charge in [0.25, 0.3) is 5.97 Å². The molecule has 1 rings (SSSR count). The lowest BCUT2D eigenvalue weighted by molar-refractivity contribution is -0.310. The van der Waals surface area contributed by atoms with Gasteiger partial charge in [0.05, 0.1) is 0 Å². The lowest BCUT2D eigenvalue weighted by atomic mass is 10.4. The molecule has 5 heteroatoms. The summed E-state index contributed by atoms with van der Waals surface area (Å²) in [6.07, 6.45) is 0. The molecule has 0 saturated heterocycles. The maximum atomic E-state index is 5.64. The SMILES string of the molecule is COC(C)(OC)O[SiH2]c1ccccc1S. The molecule has 0 heterocycles. The Labute approximate surface area is 98.1 Å². The van der Waals surface area contributed by atoms with Gasteiger partial charge in [0, 0.05) is 26.0 Å². The Morgan fingerprint density at radius 3 is 2.33 bits per heavy atom. The number of benzene rings is 1. The highest BCUT2D eigenvalue weighted by Crippen LogP contribution is 2.11. The van der Waals surface area contributed by atoms with Gasteiger partial charge in [0.1, 0.15) is 0 Å². The molecule has 0 amide bonds. The second-order valence-corrected chi connectivity index (χ2v) is 5.01. The first-order valence-electron chi connectivity index (χ1n) is 4.62. The van der Waals surface area contributed by atoms with Crippen LogP contribution in [0.15, 0.2) is 29.2 Å². The molecule has 0 aromatic heterocycles. The second kappa shape index (κ2) is 5.67. The van der Waals surface area contributed by atoms with Crippen LogP contribution in [0.4, 0.5) is 0 Å². The Hall–Kier alpha value is -0.333. The fourth-order valence-electron chi connectivity index (χ4n) is 1.04. The van der Waals surface area contributed by atoms with Crippen LogP contribution in [0.2, 0.25) is 0 Å². The highest BCUT2D eigenvalue weighted by molar-refractivity contribution is 7.80. The van der Waals surface area contributed by atoms with Gasteiger partial charge in [-0.2, -0.15) is 0 Å². The molecular formula is C10H16O3SSi. The van der Waals surface area contributed by atoms with E-state index in [0.717, 1.165) is 10.1 Å². The molecule has 3 nitrogen and oxygen atoms in total. The number of hydrogen-bond acceptors (Lipinski definition) is 4. The zero-order chi connectivity index (χ0) is 11.3. The first kappa shape index (κ1) is 12.7. The van der Waals surface area contributed by atoms with Crippen molar-refractivity contribution in [3.63, 3.8) is 0 Å². The number of methoxy groups -OCH3 is 2. The van der Waals surface area contributed by atoms with E-state index in [-0.39, 0.29) is 0 Å². The third kappa shape index (κ3) is 3.62. The van der Waals surface area contributed by atoms with Crippen molar-refractivity contribution < 1.29 is 13.9 Å². The summed E-state index contributed by atoms with van der Waals surface area (Å²) in [5.41, 5.74) is 0. The Morgan fingerprint density at radius 1 is 1.20 bits per heavy atom. The number of thiol groups is 1. The number of ether oxygens (including phenoxy) is 2. The third-order valence-corrected chi connectivity index (χ3v) is 4.55. The Balaban J connectivity index is 2.61. The Bertz CT molecular complexity index is 315. The summed E-state index contributed by atoms with van der Waals surface area (Å²) in [5.74, 6) is -0.942. The zero-order valence-electron chi connectivity index (χ0n) is 9.19. The van der Waals surface area contributed by atoms with Gasteiger partial charge in [-0.05, 0) is 11.3 Å². The van der Waals surface area contributed by atoms with E-state index in [1.807, 2.05) is 24.3 Å². The predicted octanol–water partition coefficient (Wildman–Crippen LogP) is 0.667. The number of hydrogen-bond donors (Lipinski definition) is 1. The minimum Gasteiger partial charge on any atom is -0.371 e. The van der Waals surface area contributed by atoms with E-state index >= 15 is 0 Å². The first-order valence-corrected chi connectivity index (χ1v) is 6.35. The lowest BCUT2D eigenvalue weighted by Gasteiger charge is -2.26. The third-order valence-electron chi connectivity index (χ3n) is 2.22. The summed E-state index contributed by atoms with van der Waals surface area (Å²) in [7, 11) is 2.23. The summed E-state index contributed by atoms with van der Waals surface area (Å²) in [6, 6.07) is 7.89. The molecular weight excluding hydrogens is 228 g/mol. The molecule has 0 radical (unpaired) electrons. The van der Waals surface area contributed by atoms with Crippen LogP contribution in [-0.4, -0.2) is 30.0 Å². The fraction of sp³-hybridized carbons (Fsp3) is 0.400. The maximum absolute atomic E-state index is 5.64. The predicted molar refractivity (Wildman–Crippen MR) is 65.4 cm³/mol. The molecule has 0 fully saturated rings. The van der Waals surface area contributed by atoms with Gasteiger partial charge in [-0.3, -0.25) is 0 Å². The maximum Gasteiger partial charge on any atom is 0.269 e. The van der Waals surface area contributed by atoms with Crippen LogP contribution in [-0.2, 0) is 13.9 Å².